The molecule has 1 aliphatic heterocycles. The standard InChI is InChI=1S/C12H18BrNO/c1-9(2)8-12(5-3-6-14-12)11-10(13)4-7-15-11/h4,7,9,14H,3,5-6,8H2,1-2H3. The predicted octanol–water partition coefficient (Wildman–Crippen LogP) is 3.67. The van der Waals surface area contributed by atoms with Crippen LogP contribution in [0.3, 0.4) is 0 Å². The van der Waals surface area contributed by atoms with Gasteiger partial charge < -0.3 is 9.73 Å². The smallest absolute Gasteiger partial charge is 0.137 e. The first-order valence-electron chi connectivity index (χ1n) is 5.62. The molecule has 0 amide bonds. The van der Waals surface area contributed by atoms with Gasteiger partial charge in [-0.05, 0) is 53.7 Å². The highest BCUT2D eigenvalue weighted by molar-refractivity contribution is 9.10. The zero-order chi connectivity index (χ0) is 10.9. The van der Waals surface area contributed by atoms with Gasteiger partial charge in [0.05, 0.1) is 16.3 Å². The average molecular weight is 272 g/mol. The third-order valence-corrected chi connectivity index (χ3v) is 3.68. The molecular weight excluding hydrogens is 254 g/mol. The molecule has 1 atom stereocenters. The molecule has 0 aliphatic carbocycles. The monoisotopic (exact) mass is 271 g/mol. The minimum atomic E-state index is 0.0660. The van der Waals surface area contributed by atoms with Crippen molar-refractivity contribution in [2.75, 3.05) is 6.54 Å². The topological polar surface area (TPSA) is 25.2 Å². The molecule has 1 fully saturated rings. The number of halogens is 1. The van der Waals surface area contributed by atoms with Crippen LogP contribution in [0, 0.1) is 5.92 Å². The Kier molecular flexibility index (Phi) is 3.21. The van der Waals surface area contributed by atoms with Crippen LogP contribution < -0.4 is 5.32 Å². The van der Waals surface area contributed by atoms with E-state index in [1.54, 1.807) is 6.26 Å². The van der Waals surface area contributed by atoms with Gasteiger partial charge in [-0.2, -0.15) is 0 Å². The van der Waals surface area contributed by atoms with Gasteiger partial charge in [-0.1, -0.05) is 13.8 Å². The van der Waals surface area contributed by atoms with E-state index in [1.807, 2.05) is 6.07 Å². The molecule has 1 aromatic rings. The van der Waals surface area contributed by atoms with Crippen molar-refractivity contribution in [1.82, 2.24) is 5.32 Å². The van der Waals surface area contributed by atoms with Crippen molar-refractivity contribution in [2.24, 2.45) is 5.92 Å². The molecule has 1 aliphatic rings. The predicted molar refractivity (Wildman–Crippen MR) is 64.8 cm³/mol. The van der Waals surface area contributed by atoms with Crippen molar-refractivity contribution in [3.05, 3.63) is 22.6 Å². The summed E-state index contributed by atoms with van der Waals surface area (Å²) in [4.78, 5) is 0. The minimum Gasteiger partial charge on any atom is -0.466 e. The molecule has 1 saturated heterocycles. The SMILES string of the molecule is CC(C)CC1(c2occc2Br)CCCN1. The number of nitrogens with one attached hydrogen (secondary N) is 1. The Labute approximate surface area is 99.6 Å². The molecule has 84 valence electrons. The molecule has 0 saturated carbocycles. The lowest BCUT2D eigenvalue weighted by molar-refractivity contribution is 0.254. The Bertz CT molecular complexity index is 326. The third kappa shape index (κ3) is 2.13. The number of furan rings is 1. The van der Waals surface area contributed by atoms with Gasteiger partial charge in [-0.25, -0.2) is 0 Å². The van der Waals surface area contributed by atoms with Gasteiger partial charge in [-0.15, -0.1) is 0 Å². The fourth-order valence-corrected chi connectivity index (χ4v) is 3.18. The van der Waals surface area contributed by atoms with Crippen LogP contribution in [0.2, 0.25) is 0 Å². The minimum absolute atomic E-state index is 0.0660. The number of hydrogen-bond acceptors (Lipinski definition) is 2. The first-order chi connectivity index (χ1) is 7.14. The largest absolute Gasteiger partial charge is 0.466 e. The van der Waals surface area contributed by atoms with Crippen LogP contribution in [-0.4, -0.2) is 6.54 Å². The Morgan fingerprint density at radius 1 is 1.60 bits per heavy atom. The maximum absolute atomic E-state index is 5.64. The second-order valence-corrected chi connectivity index (χ2v) is 5.66. The highest BCUT2D eigenvalue weighted by Crippen LogP contribution is 2.40. The second kappa shape index (κ2) is 4.30. The van der Waals surface area contributed by atoms with Crippen LogP contribution in [0.15, 0.2) is 21.2 Å². The van der Waals surface area contributed by atoms with Crippen LogP contribution in [0.1, 0.15) is 38.9 Å². The van der Waals surface area contributed by atoms with Crippen molar-refractivity contribution in [3.63, 3.8) is 0 Å². The summed E-state index contributed by atoms with van der Waals surface area (Å²) in [5, 5.41) is 3.62. The van der Waals surface area contributed by atoms with Crippen molar-refractivity contribution < 1.29 is 4.42 Å². The van der Waals surface area contributed by atoms with Crippen LogP contribution in [0.4, 0.5) is 0 Å². The van der Waals surface area contributed by atoms with Crippen molar-refractivity contribution in [2.45, 2.75) is 38.6 Å². The summed E-state index contributed by atoms with van der Waals surface area (Å²) in [6.07, 6.45) is 5.32. The maximum Gasteiger partial charge on any atom is 0.137 e. The summed E-state index contributed by atoms with van der Waals surface area (Å²) in [5.74, 6) is 1.75. The first kappa shape index (κ1) is 11.2. The van der Waals surface area contributed by atoms with E-state index in [1.165, 1.54) is 12.8 Å². The Morgan fingerprint density at radius 3 is 2.87 bits per heavy atom. The summed E-state index contributed by atoms with van der Waals surface area (Å²) >= 11 is 3.57. The summed E-state index contributed by atoms with van der Waals surface area (Å²) in [5.41, 5.74) is 0.0660. The summed E-state index contributed by atoms with van der Waals surface area (Å²) in [6.45, 7) is 5.62. The van der Waals surface area contributed by atoms with Crippen molar-refractivity contribution >= 4 is 15.9 Å². The van der Waals surface area contributed by atoms with E-state index in [-0.39, 0.29) is 5.54 Å². The van der Waals surface area contributed by atoms with Gasteiger partial charge in [0.15, 0.2) is 0 Å². The normalized spacial score (nSPS) is 26.4. The van der Waals surface area contributed by atoms with E-state index in [4.69, 9.17) is 4.42 Å². The number of rotatable bonds is 3. The zero-order valence-corrected chi connectivity index (χ0v) is 10.9. The average Bonchev–Trinajstić information content (AvgIpc) is 2.73. The highest BCUT2D eigenvalue weighted by Gasteiger charge is 2.39. The fourth-order valence-electron chi connectivity index (χ4n) is 2.60. The Balaban J connectivity index is 2.30. The molecule has 2 heterocycles. The van der Waals surface area contributed by atoms with Gasteiger partial charge in [0.1, 0.15) is 5.76 Å². The number of hydrogen-bond donors (Lipinski definition) is 1. The lowest BCUT2D eigenvalue weighted by Crippen LogP contribution is -2.38. The van der Waals surface area contributed by atoms with Crippen LogP contribution in [-0.2, 0) is 5.54 Å². The van der Waals surface area contributed by atoms with E-state index >= 15 is 0 Å². The molecule has 15 heavy (non-hydrogen) atoms. The van der Waals surface area contributed by atoms with E-state index in [0.717, 1.165) is 23.2 Å². The molecule has 2 rings (SSSR count). The van der Waals surface area contributed by atoms with Gasteiger partial charge in [0, 0.05) is 0 Å². The molecule has 1 N–H and O–H groups in total. The van der Waals surface area contributed by atoms with Crippen LogP contribution in [0.5, 0.6) is 0 Å². The molecule has 0 spiro atoms. The maximum atomic E-state index is 5.64. The van der Waals surface area contributed by atoms with Crippen LogP contribution in [0.25, 0.3) is 0 Å². The molecule has 3 heteroatoms. The van der Waals surface area contributed by atoms with E-state index in [9.17, 15) is 0 Å². The third-order valence-electron chi connectivity index (χ3n) is 3.05. The first-order valence-corrected chi connectivity index (χ1v) is 6.42. The van der Waals surface area contributed by atoms with E-state index in [2.05, 4.69) is 35.1 Å². The van der Waals surface area contributed by atoms with Crippen molar-refractivity contribution in [3.8, 4) is 0 Å². The molecule has 1 aromatic heterocycles. The van der Waals surface area contributed by atoms with Gasteiger partial charge in [0.2, 0.25) is 0 Å². The Hall–Kier alpha value is -0.280. The molecule has 1 unspecified atom stereocenters. The van der Waals surface area contributed by atoms with Crippen LogP contribution >= 0.6 is 15.9 Å². The van der Waals surface area contributed by atoms with E-state index in [0.29, 0.717) is 5.92 Å². The van der Waals surface area contributed by atoms with Gasteiger partial charge in [-0.3, -0.25) is 0 Å². The highest BCUT2D eigenvalue weighted by atomic mass is 79.9. The summed E-state index contributed by atoms with van der Waals surface area (Å²) < 4.78 is 6.74. The second-order valence-electron chi connectivity index (χ2n) is 4.81. The molecule has 0 aromatic carbocycles. The summed E-state index contributed by atoms with van der Waals surface area (Å²) in [7, 11) is 0. The zero-order valence-electron chi connectivity index (χ0n) is 9.35. The molecular formula is C12H18BrNO. The van der Waals surface area contributed by atoms with Crippen molar-refractivity contribution in [1.29, 1.82) is 0 Å². The summed E-state index contributed by atoms with van der Waals surface area (Å²) in [6, 6.07) is 1.98. The molecule has 2 nitrogen and oxygen atoms in total. The quantitative estimate of drug-likeness (QED) is 0.908. The fraction of sp³-hybridized carbons (Fsp3) is 0.667. The lowest BCUT2D eigenvalue weighted by Gasteiger charge is -2.29. The Morgan fingerprint density at radius 2 is 2.40 bits per heavy atom. The van der Waals surface area contributed by atoms with Gasteiger partial charge in [0.25, 0.3) is 0 Å². The molecule has 0 bridgehead atoms. The van der Waals surface area contributed by atoms with Gasteiger partial charge >= 0.3 is 0 Å². The lowest BCUT2D eigenvalue weighted by atomic mass is 9.85. The van der Waals surface area contributed by atoms with E-state index < -0.39 is 0 Å². The molecule has 0 radical (unpaired) electrons.